The predicted octanol–water partition coefficient (Wildman–Crippen LogP) is 3.35. The summed E-state index contributed by atoms with van der Waals surface area (Å²) in [4.78, 5) is 17.8. The van der Waals surface area contributed by atoms with Crippen molar-refractivity contribution >= 4 is 28.7 Å². The summed E-state index contributed by atoms with van der Waals surface area (Å²) >= 11 is 1.35. The van der Waals surface area contributed by atoms with Gasteiger partial charge in [0.1, 0.15) is 33.7 Å². The molecule has 142 valence electrons. The number of aliphatic hydroxyl groups excluding tert-OH is 1. The minimum absolute atomic E-state index is 0.209. The standard InChI is InChI=1S/C19H16N4O4S/c1-11(24)17-7-4-12(26-17)10-21-18(25)14-3-2-8-20-19(14)28-13-5-6-15-16(9-13)23-27-22-15/h2-9,11,24H,10H2,1H3,(H,21,25). The summed E-state index contributed by atoms with van der Waals surface area (Å²) in [5, 5.41) is 20.5. The number of carbonyl (C=O) groups excluding carboxylic acids is 1. The number of hydrogen-bond acceptors (Lipinski definition) is 8. The third-order valence-electron chi connectivity index (χ3n) is 3.97. The Balaban J connectivity index is 1.48. The molecule has 0 aliphatic carbocycles. The van der Waals surface area contributed by atoms with Gasteiger partial charge in [-0.25, -0.2) is 9.61 Å². The zero-order valence-electron chi connectivity index (χ0n) is 14.8. The van der Waals surface area contributed by atoms with Crippen molar-refractivity contribution < 1.29 is 18.9 Å². The Morgan fingerprint density at radius 2 is 2.07 bits per heavy atom. The fourth-order valence-electron chi connectivity index (χ4n) is 2.56. The van der Waals surface area contributed by atoms with E-state index in [1.165, 1.54) is 11.8 Å². The smallest absolute Gasteiger partial charge is 0.254 e. The predicted molar refractivity (Wildman–Crippen MR) is 101 cm³/mol. The van der Waals surface area contributed by atoms with Gasteiger partial charge >= 0.3 is 0 Å². The summed E-state index contributed by atoms with van der Waals surface area (Å²) in [5.74, 6) is 0.751. The summed E-state index contributed by atoms with van der Waals surface area (Å²) in [5.41, 5.74) is 1.75. The molecule has 0 spiro atoms. The number of amides is 1. The number of pyridine rings is 1. The highest BCUT2D eigenvalue weighted by Crippen LogP contribution is 2.30. The molecular formula is C19H16N4O4S. The van der Waals surface area contributed by atoms with E-state index in [9.17, 15) is 9.90 Å². The maximum absolute atomic E-state index is 12.6. The molecule has 0 aliphatic rings. The average molecular weight is 396 g/mol. The lowest BCUT2D eigenvalue weighted by atomic mass is 10.2. The zero-order valence-corrected chi connectivity index (χ0v) is 15.6. The van der Waals surface area contributed by atoms with Gasteiger partial charge in [-0.05, 0) is 59.7 Å². The fourth-order valence-corrected chi connectivity index (χ4v) is 3.47. The van der Waals surface area contributed by atoms with Crippen molar-refractivity contribution in [3.63, 3.8) is 0 Å². The first kappa shape index (κ1) is 18.2. The minimum Gasteiger partial charge on any atom is -0.461 e. The van der Waals surface area contributed by atoms with Gasteiger partial charge in [0.05, 0.1) is 12.1 Å². The number of rotatable bonds is 6. The molecule has 0 fully saturated rings. The number of aliphatic hydroxyl groups is 1. The maximum atomic E-state index is 12.6. The summed E-state index contributed by atoms with van der Waals surface area (Å²) in [7, 11) is 0. The number of aromatic nitrogens is 3. The van der Waals surface area contributed by atoms with Crippen LogP contribution in [0, 0.1) is 0 Å². The van der Waals surface area contributed by atoms with Crippen molar-refractivity contribution in [2.75, 3.05) is 0 Å². The van der Waals surface area contributed by atoms with Crippen LogP contribution in [0.2, 0.25) is 0 Å². The van der Waals surface area contributed by atoms with E-state index in [2.05, 4.69) is 20.6 Å². The van der Waals surface area contributed by atoms with E-state index >= 15 is 0 Å². The van der Waals surface area contributed by atoms with E-state index in [0.29, 0.717) is 33.1 Å². The van der Waals surface area contributed by atoms with Gasteiger partial charge in [0.2, 0.25) is 0 Å². The maximum Gasteiger partial charge on any atom is 0.254 e. The highest BCUT2D eigenvalue weighted by molar-refractivity contribution is 7.99. The number of nitrogens with zero attached hydrogens (tertiary/aromatic N) is 3. The fraction of sp³-hybridized carbons (Fsp3) is 0.158. The van der Waals surface area contributed by atoms with E-state index in [1.807, 2.05) is 12.1 Å². The van der Waals surface area contributed by atoms with E-state index in [0.717, 1.165) is 4.90 Å². The van der Waals surface area contributed by atoms with Crippen molar-refractivity contribution in [2.24, 2.45) is 0 Å². The number of benzene rings is 1. The van der Waals surface area contributed by atoms with Crippen LogP contribution < -0.4 is 5.32 Å². The van der Waals surface area contributed by atoms with Gasteiger partial charge in [0, 0.05) is 11.1 Å². The Morgan fingerprint density at radius 1 is 1.21 bits per heavy atom. The van der Waals surface area contributed by atoms with Crippen molar-refractivity contribution in [3.05, 3.63) is 65.7 Å². The molecule has 1 unspecified atom stereocenters. The van der Waals surface area contributed by atoms with Crippen LogP contribution >= 0.6 is 11.8 Å². The van der Waals surface area contributed by atoms with E-state index in [4.69, 9.17) is 9.05 Å². The SMILES string of the molecule is CC(O)c1ccc(CNC(=O)c2cccnc2Sc2ccc3nonc3c2)o1. The molecule has 4 aromatic rings. The molecule has 4 rings (SSSR count). The lowest BCUT2D eigenvalue weighted by Gasteiger charge is -2.08. The molecule has 1 aromatic carbocycles. The molecule has 28 heavy (non-hydrogen) atoms. The zero-order chi connectivity index (χ0) is 19.5. The monoisotopic (exact) mass is 396 g/mol. The van der Waals surface area contributed by atoms with Crippen molar-refractivity contribution in [3.8, 4) is 0 Å². The molecule has 1 amide bonds. The van der Waals surface area contributed by atoms with Gasteiger partial charge in [-0.3, -0.25) is 4.79 Å². The topological polar surface area (TPSA) is 114 Å². The van der Waals surface area contributed by atoms with Crippen LogP contribution in [0.5, 0.6) is 0 Å². The van der Waals surface area contributed by atoms with Crippen LogP contribution in [-0.4, -0.2) is 26.3 Å². The molecule has 0 bridgehead atoms. The lowest BCUT2D eigenvalue weighted by Crippen LogP contribution is -2.23. The van der Waals surface area contributed by atoms with Crippen LogP contribution in [0.25, 0.3) is 11.0 Å². The van der Waals surface area contributed by atoms with Gasteiger partial charge in [-0.1, -0.05) is 11.8 Å². The van der Waals surface area contributed by atoms with Crippen molar-refractivity contribution in [1.82, 2.24) is 20.6 Å². The Kier molecular flexibility index (Phi) is 5.09. The molecule has 0 aliphatic heterocycles. The molecule has 9 heteroatoms. The van der Waals surface area contributed by atoms with Gasteiger partial charge in [-0.2, -0.15) is 0 Å². The summed E-state index contributed by atoms with van der Waals surface area (Å²) in [6.07, 6.45) is 0.944. The lowest BCUT2D eigenvalue weighted by molar-refractivity contribution is 0.0943. The first-order valence-electron chi connectivity index (χ1n) is 8.50. The van der Waals surface area contributed by atoms with Crippen LogP contribution in [0.3, 0.4) is 0 Å². The Morgan fingerprint density at radius 3 is 2.89 bits per heavy atom. The Hall–Kier alpha value is -3.17. The van der Waals surface area contributed by atoms with E-state index in [1.54, 1.807) is 43.5 Å². The van der Waals surface area contributed by atoms with Crippen LogP contribution in [-0.2, 0) is 6.54 Å². The van der Waals surface area contributed by atoms with Gasteiger partial charge < -0.3 is 14.8 Å². The summed E-state index contributed by atoms with van der Waals surface area (Å²) in [6, 6.07) is 12.3. The Bertz CT molecular complexity index is 1120. The molecule has 0 saturated heterocycles. The largest absolute Gasteiger partial charge is 0.461 e. The number of hydrogen-bond donors (Lipinski definition) is 2. The number of fused-ring (bicyclic) bond motifs is 1. The quantitative estimate of drug-likeness (QED) is 0.510. The van der Waals surface area contributed by atoms with Gasteiger partial charge in [-0.15, -0.1) is 0 Å². The van der Waals surface area contributed by atoms with Gasteiger partial charge in [0.25, 0.3) is 5.91 Å². The number of nitrogens with one attached hydrogen (secondary N) is 1. The molecular weight excluding hydrogens is 380 g/mol. The first-order chi connectivity index (χ1) is 13.6. The number of carbonyl (C=O) groups is 1. The molecule has 0 radical (unpaired) electrons. The van der Waals surface area contributed by atoms with E-state index in [-0.39, 0.29) is 12.5 Å². The highest BCUT2D eigenvalue weighted by atomic mass is 32.2. The Labute approximate surface area is 163 Å². The van der Waals surface area contributed by atoms with Crippen molar-refractivity contribution in [2.45, 2.75) is 29.5 Å². The van der Waals surface area contributed by atoms with E-state index < -0.39 is 6.10 Å². The van der Waals surface area contributed by atoms with Gasteiger partial charge in [0.15, 0.2) is 0 Å². The van der Waals surface area contributed by atoms with Crippen molar-refractivity contribution in [1.29, 1.82) is 0 Å². The molecule has 2 N–H and O–H groups in total. The first-order valence-corrected chi connectivity index (χ1v) is 9.32. The van der Waals surface area contributed by atoms with Crippen LogP contribution in [0.15, 0.2) is 67.6 Å². The number of furan rings is 1. The normalized spacial score (nSPS) is 12.2. The summed E-state index contributed by atoms with van der Waals surface area (Å²) < 4.78 is 10.2. The molecule has 0 saturated carbocycles. The second-order valence-corrected chi connectivity index (χ2v) is 7.10. The molecule has 3 heterocycles. The summed E-state index contributed by atoms with van der Waals surface area (Å²) in [6.45, 7) is 1.83. The highest BCUT2D eigenvalue weighted by Gasteiger charge is 2.15. The third kappa shape index (κ3) is 3.90. The third-order valence-corrected chi connectivity index (χ3v) is 4.98. The molecule has 1 atom stereocenters. The second kappa shape index (κ2) is 7.83. The minimum atomic E-state index is -0.692. The molecule has 3 aromatic heterocycles. The second-order valence-electron chi connectivity index (χ2n) is 6.04. The molecule has 8 nitrogen and oxygen atoms in total. The van der Waals surface area contributed by atoms with Crippen LogP contribution in [0.4, 0.5) is 0 Å². The van der Waals surface area contributed by atoms with Crippen LogP contribution in [0.1, 0.15) is 34.9 Å². The average Bonchev–Trinajstić information content (AvgIpc) is 3.35.